The molecule has 4 rings (SSSR count). The fraction of sp³-hybridized carbons (Fsp3) is 0.588. The van der Waals surface area contributed by atoms with E-state index in [0.717, 1.165) is 37.7 Å². The Balaban J connectivity index is 1.60. The average molecular weight is 346 g/mol. The molecule has 1 aromatic rings. The van der Waals surface area contributed by atoms with E-state index in [-0.39, 0.29) is 18.1 Å². The third-order valence-corrected chi connectivity index (χ3v) is 6.59. The van der Waals surface area contributed by atoms with Crippen molar-refractivity contribution in [3.05, 3.63) is 16.0 Å². The van der Waals surface area contributed by atoms with E-state index < -0.39 is 17.8 Å². The molecule has 3 heterocycles. The monoisotopic (exact) mass is 346 g/mol. The molecule has 3 aliphatic rings. The highest BCUT2D eigenvalue weighted by atomic mass is 32.1. The predicted molar refractivity (Wildman–Crippen MR) is 86.8 cm³/mol. The molecule has 6 nitrogen and oxygen atoms in total. The minimum Gasteiger partial charge on any atom is -0.481 e. The normalized spacial score (nSPS) is 30.6. The number of hydrogen-bond donors (Lipinski definition) is 2. The van der Waals surface area contributed by atoms with Crippen molar-refractivity contribution >= 4 is 28.2 Å². The first-order valence-corrected chi connectivity index (χ1v) is 9.15. The molecule has 2 aliphatic heterocycles. The van der Waals surface area contributed by atoms with Crippen molar-refractivity contribution in [2.45, 2.75) is 50.7 Å². The van der Waals surface area contributed by atoms with E-state index >= 15 is 0 Å². The Hall–Kier alpha value is -1.91. The molecule has 126 valence electrons. The number of nitrogens with zero attached hydrogens (tertiary/aromatic N) is 1. The number of carboxylic acids is 1. The first-order valence-electron chi connectivity index (χ1n) is 8.34. The Morgan fingerprint density at radius 2 is 1.92 bits per heavy atom. The van der Waals surface area contributed by atoms with Crippen LogP contribution in [0.4, 0.5) is 5.00 Å². The molecule has 4 atom stereocenters. The van der Waals surface area contributed by atoms with Crippen molar-refractivity contribution in [2.75, 3.05) is 5.32 Å². The maximum Gasteiger partial charge on any atom is 0.310 e. The van der Waals surface area contributed by atoms with Gasteiger partial charge in [-0.25, -0.2) is 0 Å². The lowest BCUT2D eigenvalue weighted by atomic mass is 9.78. The van der Waals surface area contributed by atoms with Gasteiger partial charge in [-0.1, -0.05) is 0 Å². The number of carbonyl (C=O) groups excluding carboxylic acids is 1. The van der Waals surface area contributed by atoms with Crippen LogP contribution >= 0.6 is 11.3 Å². The highest BCUT2D eigenvalue weighted by Crippen LogP contribution is 2.45. The molecule has 0 radical (unpaired) electrons. The molecule has 1 aliphatic carbocycles. The maximum absolute atomic E-state index is 12.7. The number of amides is 1. The van der Waals surface area contributed by atoms with Crippen molar-refractivity contribution in [2.24, 2.45) is 11.8 Å². The minimum atomic E-state index is -0.978. The van der Waals surface area contributed by atoms with Crippen LogP contribution in [0.5, 0.6) is 0 Å². The summed E-state index contributed by atoms with van der Waals surface area (Å²) in [6.07, 6.45) is 4.71. The second-order valence-electron chi connectivity index (χ2n) is 6.70. The van der Waals surface area contributed by atoms with Gasteiger partial charge in [0.1, 0.15) is 11.1 Å². The molecule has 2 fully saturated rings. The molecule has 1 aromatic heterocycles. The second-order valence-corrected chi connectivity index (χ2v) is 7.80. The van der Waals surface area contributed by atoms with Crippen LogP contribution in [-0.2, 0) is 27.2 Å². The molecule has 0 aromatic carbocycles. The van der Waals surface area contributed by atoms with E-state index in [1.165, 1.54) is 16.2 Å². The molecular weight excluding hydrogens is 328 g/mol. The molecular formula is C17H18N2O4S. The predicted octanol–water partition coefficient (Wildman–Crippen LogP) is 2.32. The highest BCUT2D eigenvalue weighted by Gasteiger charge is 2.55. The SMILES string of the molecule is N#Cc1c(NC(=O)[C@H]2[C@@H](C(=O)O)[C@H]3CC[C@H]2O3)sc2c1CCCC2. The highest BCUT2D eigenvalue weighted by molar-refractivity contribution is 7.16. The van der Waals surface area contributed by atoms with Crippen LogP contribution in [0.2, 0.25) is 0 Å². The molecule has 0 saturated carbocycles. The lowest BCUT2D eigenvalue weighted by Crippen LogP contribution is -2.40. The largest absolute Gasteiger partial charge is 0.481 e. The van der Waals surface area contributed by atoms with Gasteiger partial charge in [-0.15, -0.1) is 11.3 Å². The third kappa shape index (κ3) is 2.33. The maximum atomic E-state index is 12.7. The van der Waals surface area contributed by atoms with Gasteiger partial charge in [0, 0.05) is 4.88 Å². The molecule has 2 N–H and O–H groups in total. The number of carbonyl (C=O) groups is 2. The average Bonchev–Trinajstić information content (AvgIpc) is 3.26. The van der Waals surface area contributed by atoms with Crippen LogP contribution in [0.15, 0.2) is 0 Å². The van der Waals surface area contributed by atoms with Crippen molar-refractivity contribution in [1.29, 1.82) is 5.26 Å². The van der Waals surface area contributed by atoms with Crippen LogP contribution < -0.4 is 5.32 Å². The van der Waals surface area contributed by atoms with Crippen molar-refractivity contribution in [1.82, 2.24) is 0 Å². The minimum absolute atomic E-state index is 0.323. The number of nitrogens with one attached hydrogen (secondary N) is 1. The summed E-state index contributed by atoms with van der Waals surface area (Å²) < 4.78 is 5.65. The number of hydrogen-bond acceptors (Lipinski definition) is 5. The van der Waals surface area contributed by atoms with Crippen molar-refractivity contribution in [3.63, 3.8) is 0 Å². The Kier molecular flexibility index (Phi) is 3.82. The molecule has 7 heteroatoms. The van der Waals surface area contributed by atoms with Gasteiger partial charge < -0.3 is 15.2 Å². The first kappa shape index (κ1) is 15.6. The molecule has 2 bridgehead atoms. The van der Waals surface area contributed by atoms with E-state index in [9.17, 15) is 20.0 Å². The molecule has 0 unspecified atom stereocenters. The number of fused-ring (bicyclic) bond motifs is 3. The second kappa shape index (κ2) is 5.87. The van der Waals surface area contributed by atoms with E-state index in [4.69, 9.17) is 4.74 Å². The molecule has 24 heavy (non-hydrogen) atoms. The van der Waals surface area contributed by atoms with E-state index in [1.807, 2.05) is 0 Å². The van der Waals surface area contributed by atoms with Crippen LogP contribution in [0.3, 0.4) is 0 Å². The number of ether oxygens (including phenoxy) is 1. The number of nitriles is 1. The van der Waals surface area contributed by atoms with Gasteiger partial charge in [0.25, 0.3) is 0 Å². The quantitative estimate of drug-likeness (QED) is 0.875. The van der Waals surface area contributed by atoms with Crippen LogP contribution in [0.1, 0.15) is 41.7 Å². The van der Waals surface area contributed by atoms with Gasteiger partial charge in [-0.2, -0.15) is 5.26 Å². The molecule has 2 saturated heterocycles. The number of thiophene rings is 1. The fourth-order valence-corrected chi connectivity index (χ4v) is 5.53. The van der Waals surface area contributed by atoms with Crippen LogP contribution in [0, 0.1) is 23.2 Å². The topological polar surface area (TPSA) is 99.4 Å². The standard InChI is InChI=1S/C17H18N2O4S/c18-7-9-8-3-1-2-4-12(8)24-16(9)19-15(20)13-10-5-6-11(23-10)14(13)17(21)22/h10-11,13-14H,1-6H2,(H,19,20)(H,21,22)/t10-,11-,13-,14+/m1/s1. The summed E-state index contributed by atoms with van der Waals surface area (Å²) >= 11 is 1.46. The summed E-state index contributed by atoms with van der Waals surface area (Å²) in [5.41, 5.74) is 1.61. The fourth-order valence-electron chi connectivity index (χ4n) is 4.29. The van der Waals surface area contributed by atoms with Gasteiger partial charge in [0.2, 0.25) is 5.91 Å². The summed E-state index contributed by atoms with van der Waals surface area (Å²) in [7, 11) is 0. The lowest BCUT2D eigenvalue weighted by Gasteiger charge is -2.23. The number of aryl methyl sites for hydroxylation is 1. The zero-order valence-electron chi connectivity index (χ0n) is 13.1. The van der Waals surface area contributed by atoms with Crippen LogP contribution in [0.25, 0.3) is 0 Å². The zero-order valence-corrected chi connectivity index (χ0v) is 13.9. The Labute approximate surface area is 143 Å². The summed E-state index contributed by atoms with van der Waals surface area (Å²) in [4.78, 5) is 25.4. The third-order valence-electron chi connectivity index (χ3n) is 5.38. The van der Waals surface area contributed by atoms with Crippen molar-refractivity contribution < 1.29 is 19.4 Å². The number of anilines is 1. The zero-order chi connectivity index (χ0) is 16.8. The Morgan fingerprint density at radius 3 is 2.62 bits per heavy atom. The van der Waals surface area contributed by atoms with Gasteiger partial charge >= 0.3 is 5.97 Å². The van der Waals surface area contributed by atoms with E-state index in [0.29, 0.717) is 17.0 Å². The summed E-state index contributed by atoms with van der Waals surface area (Å²) in [5.74, 6) is -2.77. The lowest BCUT2D eigenvalue weighted by molar-refractivity contribution is -0.147. The van der Waals surface area contributed by atoms with Gasteiger partial charge in [-0.05, 0) is 44.1 Å². The van der Waals surface area contributed by atoms with Crippen molar-refractivity contribution in [3.8, 4) is 6.07 Å². The van der Waals surface area contributed by atoms with Gasteiger partial charge in [0.05, 0.1) is 29.6 Å². The Morgan fingerprint density at radius 1 is 1.21 bits per heavy atom. The van der Waals surface area contributed by atoms with Crippen LogP contribution in [-0.4, -0.2) is 29.2 Å². The Bertz CT molecular complexity index is 751. The van der Waals surface area contributed by atoms with Gasteiger partial charge in [-0.3, -0.25) is 9.59 Å². The molecule has 1 amide bonds. The van der Waals surface area contributed by atoms with E-state index in [2.05, 4.69) is 11.4 Å². The number of aliphatic carboxylic acids is 1. The number of carboxylic acid groups (broad SMARTS) is 1. The number of rotatable bonds is 3. The smallest absolute Gasteiger partial charge is 0.310 e. The van der Waals surface area contributed by atoms with Gasteiger partial charge in [0.15, 0.2) is 0 Å². The summed E-state index contributed by atoms with van der Waals surface area (Å²) in [6.45, 7) is 0. The van der Waals surface area contributed by atoms with E-state index in [1.54, 1.807) is 0 Å². The summed E-state index contributed by atoms with van der Waals surface area (Å²) in [6, 6.07) is 2.22. The summed E-state index contributed by atoms with van der Waals surface area (Å²) in [5, 5.41) is 22.3. The molecule has 0 spiro atoms. The first-order chi connectivity index (χ1) is 11.6.